The summed E-state index contributed by atoms with van der Waals surface area (Å²) < 4.78 is 21.3. The Morgan fingerprint density at radius 1 is 1.16 bits per heavy atom. The summed E-state index contributed by atoms with van der Waals surface area (Å²) in [6, 6.07) is 3.15. The molecule has 3 N–H and O–H groups in total. The standard InChI is InChI=1S/C17H21N3O5/c1-22-12-6-5-9(15(23-2)16(12)24-3)13-14-10(18-8-19-14)7-11(20-13)17(21)25-4/h5-6,8,11,13,20H,7H2,1-4H3,(H,18,19)/p+1/t11-,13-/m1/s1. The molecule has 3 rings (SSSR count). The van der Waals surface area contributed by atoms with Gasteiger partial charge in [-0.3, -0.25) is 0 Å². The van der Waals surface area contributed by atoms with Crippen LogP contribution in [-0.2, 0) is 16.0 Å². The molecule has 0 amide bonds. The number of aromatic amines is 1. The van der Waals surface area contributed by atoms with Crippen LogP contribution < -0.4 is 19.5 Å². The number of quaternary nitrogens is 1. The Labute approximate surface area is 145 Å². The molecule has 1 aromatic heterocycles. The lowest BCUT2D eigenvalue weighted by Crippen LogP contribution is -2.94. The molecule has 1 aromatic carbocycles. The normalized spacial score (nSPS) is 19.0. The molecule has 25 heavy (non-hydrogen) atoms. The summed E-state index contributed by atoms with van der Waals surface area (Å²) in [6.45, 7) is 0. The molecule has 2 aromatic rings. The molecule has 0 fully saturated rings. The molecular weight excluding hydrogens is 326 g/mol. The maximum absolute atomic E-state index is 12.1. The lowest BCUT2D eigenvalue weighted by molar-refractivity contribution is -0.712. The summed E-state index contributed by atoms with van der Waals surface area (Å²) in [5.41, 5.74) is 2.64. The molecule has 134 valence electrons. The van der Waals surface area contributed by atoms with Gasteiger partial charge >= 0.3 is 5.97 Å². The highest BCUT2D eigenvalue weighted by molar-refractivity contribution is 5.74. The number of hydrogen-bond donors (Lipinski definition) is 2. The number of esters is 1. The van der Waals surface area contributed by atoms with Crippen LogP contribution in [0.3, 0.4) is 0 Å². The minimum atomic E-state index is -0.372. The van der Waals surface area contributed by atoms with Gasteiger partial charge in [0.05, 0.1) is 52.4 Å². The number of imidazole rings is 1. The van der Waals surface area contributed by atoms with Crippen LogP contribution in [0.15, 0.2) is 18.5 Å². The number of nitrogens with zero attached hydrogens (tertiary/aromatic N) is 1. The van der Waals surface area contributed by atoms with Crippen molar-refractivity contribution in [2.75, 3.05) is 28.4 Å². The first kappa shape index (κ1) is 17.1. The Morgan fingerprint density at radius 2 is 1.92 bits per heavy atom. The van der Waals surface area contributed by atoms with E-state index in [0.29, 0.717) is 23.7 Å². The molecule has 2 heterocycles. The first-order valence-corrected chi connectivity index (χ1v) is 7.88. The van der Waals surface area contributed by atoms with E-state index in [1.807, 2.05) is 17.4 Å². The second-order valence-electron chi connectivity index (χ2n) is 5.69. The number of rotatable bonds is 5. The topological polar surface area (TPSA) is 99.3 Å². The number of benzene rings is 1. The van der Waals surface area contributed by atoms with Crippen molar-refractivity contribution in [2.24, 2.45) is 0 Å². The lowest BCUT2D eigenvalue weighted by Gasteiger charge is -2.27. The molecular formula is C17H22N3O5+. The molecule has 1 aliphatic heterocycles. The highest BCUT2D eigenvalue weighted by Gasteiger charge is 2.39. The van der Waals surface area contributed by atoms with E-state index in [9.17, 15) is 4.79 Å². The average molecular weight is 348 g/mol. The SMILES string of the molecule is COC(=O)[C@H]1Cc2nc[nH]c2[C@@H](c2ccc(OC)c(OC)c2OC)[NH2+]1. The van der Waals surface area contributed by atoms with Crippen LogP contribution in [-0.4, -0.2) is 50.4 Å². The van der Waals surface area contributed by atoms with Crippen molar-refractivity contribution in [3.63, 3.8) is 0 Å². The number of carbonyl (C=O) groups is 1. The molecule has 0 aliphatic carbocycles. The summed E-state index contributed by atoms with van der Waals surface area (Å²) in [4.78, 5) is 19.6. The Hall–Kier alpha value is -2.74. The van der Waals surface area contributed by atoms with Gasteiger partial charge in [-0.05, 0) is 12.1 Å². The summed E-state index contributed by atoms with van der Waals surface area (Å²) >= 11 is 0. The number of H-pyrrole nitrogens is 1. The first-order valence-electron chi connectivity index (χ1n) is 7.88. The molecule has 8 heteroatoms. The van der Waals surface area contributed by atoms with Crippen molar-refractivity contribution in [3.05, 3.63) is 35.4 Å². The van der Waals surface area contributed by atoms with Crippen LogP contribution in [0.25, 0.3) is 0 Å². The van der Waals surface area contributed by atoms with E-state index in [4.69, 9.17) is 18.9 Å². The van der Waals surface area contributed by atoms with Gasteiger partial charge in [-0.25, -0.2) is 9.78 Å². The maximum atomic E-state index is 12.1. The van der Waals surface area contributed by atoms with E-state index in [1.54, 1.807) is 27.7 Å². The van der Waals surface area contributed by atoms with E-state index in [0.717, 1.165) is 17.0 Å². The Bertz CT molecular complexity index is 774. The van der Waals surface area contributed by atoms with Crippen molar-refractivity contribution < 1.29 is 29.1 Å². The number of aromatic nitrogens is 2. The average Bonchev–Trinajstić information content (AvgIpc) is 3.13. The van der Waals surface area contributed by atoms with Crippen molar-refractivity contribution in [1.29, 1.82) is 0 Å². The van der Waals surface area contributed by atoms with E-state index in [2.05, 4.69) is 9.97 Å². The van der Waals surface area contributed by atoms with Crippen molar-refractivity contribution in [3.8, 4) is 17.2 Å². The molecule has 0 saturated carbocycles. The zero-order chi connectivity index (χ0) is 18.0. The maximum Gasteiger partial charge on any atom is 0.365 e. The second kappa shape index (κ2) is 7.02. The van der Waals surface area contributed by atoms with Crippen LogP contribution in [0, 0.1) is 0 Å². The number of hydrogen-bond acceptors (Lipinski definition) is 6. The number of methoxy groups -OCH3 is 4. The predicted octanol–water partition coefficient (Wildman–Crippen LogP) is 0.186. The summed E-state index contributed by atoms with van der Waals surface area (Å²) in [5, 5.41) is 1.95. The summed E-state index contributed by atoms with van der Waals surface area (Å²) in [7, 11) is 6.11. The molecule has 2 atom stereocenters. The van der Waals surface area contributed by atoms with Crippen molar-refractivity contribution in [2.45, 2.75) is 18.5 Å². The highest BCUT2D eigenvalue weighted by Crippen LogP contribution is 2.43. The summed E-state index contributed by atoms with van der Waals surface area (Å²) in [5.74, 6) is 1.37. The third-order valence-corrected chi connectivity index (χ3v) is 4.47. The van der Waals surface area contributed by atoms with E-state index >= 15 is 0 Å². The van der Waals surface area contributed by atoms with Gasteiger partial charge in [0.2, 0.25) is 5.75 Å². The van der Waals surface area contributed by atoms with E-state index in [-0.39, 0.29) is 18.1 Å². The van der Waals surface area contributed by atoms with E-state index < -0.39 is 0 Å². The van der Waals surface area contributed by atoms with E-state index in [1.165, 1.54) is 7.11 Å². The minimum Gasteiger partial charge on any atom is -0.493 e. The van der Waals surface area contributed by atoms with Gasteiger partial charge in [0, 0.05) is 0 Å². The molecule has 0 unspecified atom stereocenters. The zero-order valence-electron chi connectivity index (χ0n) is 14.7. The van der Waals surface area contributed by atoms with Crippen LogP contribution in [0.4, 0.5) is 0 Å². The third kappa shape index (κ3) is 2.89. The van der Waals surface area contributed by atoms with Crippen LogP contribution in [0.5, 0.6) is 17.2 Å². The third-order valence-electron chi connectivity index (χ3n) is 4.47. The zero-order valence-corrected chi connectivity index (χ0v) is 14.7. The number of fused-ring (bicyclic) bond motifs is 1. The van der Waals surface area contributed by atoms with Crippen molar-refractivity contribution in [1.82, 2.24) is 9.97 Å². The first-order chi connectivity index (χ1) is 12.1. The highest BCUT2D eigenvalue weighted by atomic mass is 16.5. The van der Waals surface area contributed by atoms with Crippen LogP contribution >= 0.6 is 0 Å². The molecule has 0 bridgehead atoms. The van der Waals surface area contributed by atoms with Gasteiger partial charge in [-0.2, -0.15) is 0 Å². The monoisotopic (exact) mass is 348 g/mol. The molecule has 0 saturated heterocycles. The van der Waals surface area contributed by atoms with Crippen LogP contribution in [0.1, 0.15) is 23.0 Å². The molecule has 0 spiro atoms. The molecule has 8 nitrogen and oxygen atoms in total. The number of carbonyl (C=O) groups excluding carboxylic acids is 1. The van der Waals surface area contributed by atoms with Crippen LogP contribution in [0.2, 0.25) is 0 Å². The molecule has 1 aliphatic rings. The van der Waals surface area contributed by atoms with Gasteiger partial charge in [-0.15, -0.1) is 0 Å². The van der Waals surface area contributed by atoms with Gasteiger partial charge in [0.1, 0.15) is 5.69 Å². The Balaban J connectivity index is 2.10. The van der Waals surface area contributed by atoms with Gasteiger partial charge in [-0.1, -0.05) is 0 Å². The van der Waals surface area contributed by atoms with Gasteiger partial charge < -0.3 is 29.2 Å². The Morgan fingerprint density at radius 3 is 2.56 bits per heavy atom. The predicted molar refractivity (Wildman–Crippen MR) is 88.0 cm³/mol. The fourth-order valence-electron chi connectivity index (χ4n) is 3.31. The minimum absolute atomic E-state index is 0.204. The largest absolute Gasteiger partial charge is 0.493 e. The van der Waals surface area contributed by atoms with Gasteiger partial charge in [0.15, 0.2) is 23.6 Å². The number of nitrogens with two attached hydrogens (primary N) is 1. The van der Waals surface area contributed by atoms with Crippen molar-refractivity contribution >= 4 is 5.97 Å². The van der Waals surface area contributed by atoms with Gasteiger partial charge in [0.25, 0.3) is 0 Å². The quantitative estimate of drug-likeness (QED) is 0.748. The Kier molecular flexibility index (Phi) is 4.80. The fraction of sp³-hybridized carbons (Fsp3) is 0.412. The fourth-order valence-corrected chi connectivity index (χ4v) is 3.31. The number of ether oxygens (including phenoxy) is 4. The molecule has 0 radical (unpaired) electrons. The summed E-state index contributed by atoms with van der Waals surface area (Å²) in [6.07, 6.45) is 2.15. The number of nitrogens with one attached hydrogen (secondary N) is 1. The second-order valence-corrected chi connectivity index (χ2v) is 5.69. The smallest absolute Gasteiger partial charge is 0.365 e. The lowest BCUT2D eigenvalue weighted by atomic mass is 9.93.